The van der Waals surface area contributed by atoms with Crippen LogP contribution in [-0.4, -0.2) is 28.1 Å². The summed E-state index contributed by atoms with van der Waals surface area (Å²) in [5.74, 6) is -2.06. The molecule has 200 valence electrons. The summed E-state index contributed by atoms with van der Waals surface area (Å²) in [6.45, 7) is 4.11. The lowest BCUT2D eigenvalue weighted by atomic mass is 9.94. The molecule has 1 heterocycles. The minimum atomic E-state index is -1.13. The fourth-order valence-electron chi connectivity index (χ4n) is 4.73. The highest BCUT2D eigenvalue weighted by Gasteiger charge is 2.37. The lowest BCUT2D eigenvalue weighted by molar-refractivity contribution is -0.123. The molecule has 1 aromatic heterocycles. The summed E-state index contributed by atoms with van der Waals surface area (Å²) in [4.78, 5) is 41.1. The Labute approximate surface area is 225 Å². The van der Waals surface area contributed by atoms with E-state index in [0.29, 0.717) is 11.3 Å². The van der Waals surface area contributed by atoms with Gasteiger partial charge in [0, 0.05) is 11.7 Å². The van der Waals surface area contributed by atoms with Crippen LogP contribution in [-0.2, 0) is 4.79 Å². The second-order valence-corrected chi connectivity index (χ2v) is 10.6. The number of hydrogen-bond acceptors (Lipinski definition) is 6. The highest BCUT2D eigenvalue weighted by atomic mass is 32.1. The van der Waals surface area contributed by atoms with Gasteiger partial charge in [0.1, 0.15) is 16.7 Å². The van der Waals surface area contributed by atoms with Crippen molar-refractivity contribution >= 4 is 40.6 Å². The fraction of sp³-hybridized carbons (Fsp3) is 0.357. The number of hydrogen-bond donors (Lipinski definition) is 3. The van der Waals surface area contributed by atoms with Crippen molar-refractivity contribution in [3.05, 3.63) is 76.0 Å². The van der Waals surface area contributed by atoms with Crippen LogP contribution in [0.1, 0.15) is 89.2 Å². The predicted octanol–water partition coefficient (Wildman–Crippen LogP) is 4.92. The minimum absolute atomic E-state index is 0.00989. The Kier molecular flexibility index (Phi) is 8.41. The number of halogens is 1. The largest absolute Gasteiger partial charge is 0.395 e. The molecule has 5 N–H and O–H groups in total. The van der Waals surface area contributed by atoms with Crippen LogP contribution < -0.4 is 21.7 Å². The van der Waals surface area contributed by atoms with Gasteiger partial charge in [0.05, 0.1) is 5.69 Å². The molecule has 1 atom stereocenters. The molecule has 3 aromatic rings. The van der Waals surface area contributed by atoms with Crippen molar-refractivity contribution < 1.29 is 18.8 Å². The molecular formula is C28H32FN5O3S. The number of amides is 3. The van der Waals surface area contributed by atoms with Crippen molar-refractivity contribution in [2.75, 3.05) is 10.6 Å². The zero-order chi connectivity index (χ0) is 27.4. The summed E-state index contributed by atoms with van der Waals surface area (Å²) >= 11 is 0.747. The molecule has 0 aliphatic heterocycles. The van der Waals surface area contributed by atoms with Gasteiger partial charge >= 0.3 is 0 Å². The van der Waals surface area contributed by atoms with Gasteiger partial charge in [-0.25, -0.2) is 4.39 Å². The van der Waals surface area contributed by atoms with Crippen molar-refractivity contribution in [3.63, 3.8) is 0 Å². The van der Waals surface area contributed by atoms with Crippen molar-refractivity contribution in [2.24, 2.45) is 5.73 Å². The number of nitrogen functional groups attached to an aromatic ring is 1. The molecule has 8 nitrogen and oxygen atoms in total. The first-order valence-corrected chi connectivity index (χ1v) is 13.5. The van der Waals surface area contributed by atoms with E-state index in [-0.39, 0.29) is 34.1 Å². The van der Waals surface area contributed by atoms with E-state index in [4.69, 9.17) is 11.5 Å². The predicted molar refractivity (Wildman–Crippen MR) is 147 cm³/mol. The highest BCUT2D eigenvalue weighted by Crippen LogP contribution is 2.34. The third kappa shape index (κ3) is 5.85. The fourth-order valence-corrected chi connectivity index (χ4v) is 5.47. The standard InChI is InChI=1S/C28H32FN5O3S/c1-16(2)17-10-14-21(15-11-17)34(28(37)25-22(30)23(26(31)35)33-38-25)24(18-8-12-19(29)13-9-18)27(36)32-20-6-4-3-5-7-20/h8-16,20,24H,3-7,30H2,1-2H3,(H2,31,35)(H,32,36)/t24-/m0/s1. The maximum absolute atomic E-state index is 14.1. The molecule has 1 aliphatic rings. The second kappa shape index (κ2) is 11.7. The van der Waals surface area contributed by atoms with E-state index in [2.05, 4.69) is 23.5 Å². The van der Waals surface area contributed by atoms with E-state index >= 15 is 0 Å². The number of primary amides is 1. The third-order valence-corrected chi connectivity index (χ3v) is 7.71. The molecule has 10 heteroatoms. The number of rotatable bonds is 8. The van der Waals surface area contributed by atoms with Crippen molar-refractivity contribution in [1.29, 1.82) is 0 Å². The van der Waals surface area contributed by atoms with Gasteiger partial charge in [-0.05, 0) is 65.7 Å². The minimum Gasteiger partial charge on any atom is -0.395 e. The van der Waals surface area contributed by atoms with Gasteiger partial charge in [0.15, 0.2) is 5.69 Å². The maximum Gasteiger partial charge on any atom is 0.273 e. The highest BCUT2D eigenvalue weighted by molar-refractivity contribution is 7.09. The van der Waals surface area contributed by atoms with Gasteiger partial charge < -0.3 is 16.8 Å². The quantitative estimate of drug-likeness (QED) is 0.375. The van der Waals surface area contributed by atoms with Crippen LogP contribution in [0, 0.1) is 5.82 Å². The van der Waals surface area contributed by atoms with Gasteiger partial charge in [-0.1, -0.05) is 57.4 Å². The topological polar surface area (TPSA) is 131 Å². The molecule has 4 rings (SSSR count). The number of aromatic nitrogens is 1. The zero-order valence-corrected chi connectivity index (χ0v) is 22.3. The van der Waals surface area contributed by atoms with Crippen molar-refractivity contribution in [3.8, 4) is 0 Å². The SMILES string of the molecule is CC(C)c1ccc(N(C(=O)c2snc(C(N)=O)c2N)[C@H](C(=O)NC2CCCCC2)c2ccc(F)cc2)cc1. The van der Waals surface area contributed by atoms with Crippen molar-refractivity contribution in [2.45, 2.75) is 64.0 Å². The number of carbonyl (C=O) groups is 3. The number of anilines is 2. The molecule has 0 saturated heterocycles. The summed E-state index contributed by atoms with van der Waals surface area (Å²) in [5, 5.41) is 3.11. The zero-order valence-electron chi connectivity index (χ0n) is 21.4. The molecule has 1 saturated carbocycles. The number of nitrogens with zero attached hydrogens (tertiary/aromatic N) is 2. The van der Waals surface area contributed by atoms with Gasteiger partial charge in [-0.2, -0.15) is 4.37 Å². The molecular weight excluding hydrogens is 505 g/mol. The smallest absolute Gasteiger partial charge is 0.273 e. The van der Waals surface area contributed by atoms with Crippen LogP contribution in [0.25, 0.3) is 0 Å². The Hall–Kier alpha value is -3.79. The molecule has 0 bridgehead atoms. The Morgan fingerprint density at radius 3 is 2.16 bits per heavy atom. The van der Waals surface area contributed by atoms with E-state index in [1.807, 2.05) is 12.1 Å². The number of nitrogens with two attached hydrogens (primary N) is 2. The van der Waals surface area contributed by atoms with Crippen LogP contribution in [0.15, 0.2) is 48.5 Å². The van der Waals surface area contributed by atoms with E-state index in [1.54, 1.807) is 12.1 Å². The van der Waals surface area contributed by atoms with Gasteiger partial charge in [0.25, 0.3) is 11.8 Å². The Balaban J connectivity index is 1.84. The number of benzene rings is 2. The van der Waals surface area contributed by atoms with Crippen LogP contribution in [0.5, 0.6) is 0 Å². The average molecular weight is 538 g/mol. The molecule has 0 unspecified atom stereocenters. The first kappa shape index (κ1) is 27.3. The van der Waals surface area contributed by atoms with Crippen LogP contribution >= 0.6 is 11.5 Å². The van der Waals surface area contributed by atoms with E-state index in [1.165, 1.54) is 29.2 Å². The first-order chi connectivity index (χ1) is 18.2. The van der Waals surface area contributed by atoms with Gasteiger partial charge in [-0.3, -0.25) is 19.3 Å². The Bertz CT molecular complexity index is 1300. The van der Waals surface area contributed by atoms with E-state index < -0.39 is 23.7 Å². The molecule has 1 fully saturated rings. The van der Waals surface area contributed by atoms with Crippen LogP contribution in [0.4, 0.5) is 15.8 Å². The summed E-state index contributed by atoms with van der Waals surface area (Å²) < 4.78 is 17.9. The van der Waals surface area contributed by atoms with Crippen molar-refractivity contribution in [1.82, 2.24) is 9.69 Å². The molecule has 0 radical (unpaired) electrons. The van der Waals surface area contributed by atoms with Gasteiger partial charge in [-0.15, -0.1) is 0 Å². The van der Waals surface area contributed by atoms with E-state index in [0.717, 1.165) is 49.2 Å². The summed E-state index contributed by atoms with van der Waals surface area (Å²) in [6.07, 6.45) is 4.84. The summed E-state index contributed by atoms with van der Waals surface area (Å²) in [6, 6.07) is 11.7. The van der Waals surface area contributed by atoms with Gasteiger partial charge in [0.2, 0.25) is 5.91 Å². The normalized spacial score (nSPS) is 14.7. The Morgan fingerprint density at radius 1 is 1.00 bits per heavy atom. The molecule has 3 amide bonds. The molecule has 38 heavy (non-hydrogen) atoms. The average Bonchev–Trinajstić information content (AvgIpc) is 3.29. The summed E-state index contributed by atoms with van der Waals surface area (Å²) in [7, 11) is 0. The monoisotopic (exact) mass is 537 g/mol. The maximum atomic E-state index is 14.1. The lowest BCUT2D eigenvalue weighted by Gasteiger charge is -2.33. The third-order valence-electron chi connectivity index (χ3n) is 6.86. The molecule has 0 spiro atoms. The Morgan fingerprint density at radius 2 is 1.61 bits per heavy atom. The summed E-state index contributed by atoms with van der Waals surface area (Å²) in [5.41, 5.74) is 13.1. The lowest BCUT2D eigenvalue weighted by Crippen LogP contribution is -2.47. The number of nitrogens with one attached hydrogen (secondary N) is 1. The number of carbonyl (C=O) groups excluding carboxylic acids is 3. The van der Waals surface area contributed by atoms with E-state index in [9.17, 15) is 18.8 Å². The second-order valence-electron chi connectivity index (χ2n) is 9.86. The van der Waals surface area contributed by atoms with Crippen LogP contribution in [0.2, 0.25) is 0 Å². The molecule has 2 aromatic carbocycles. The molecule has 1 aliphatic carbocycles. The van der Waals surface area contributed by atoms with Crippen LogP contribution in [0.3, 0.4) is 0 Å². The first-order valence-electron chi connectivity index (χ1n) is 12.7.